The molecule has 4 rings (SSSR count). The van der Waals surface area contributed by atoms with Gasteiger partial charge in [-0.2, -0.15) is 0 Å². The molecule has 1 saturated heterocycles. The van der Waals surface area contributed by atoms with Gasteiger partial charge in [0, 0.05) is 49.9 Å². The first-order valence-electron chi connectivity index (χ1n) is 10.8. The van der Waals surface area contributed by atoms with Crippen LogP contribution in [0.2, 0.25) is 5.02 Å². The number of thiophene rings is 1. The highest BCUT2D eigenvalue weighted by atomic mass is 35.5. The van der Waals surface area contributed by atoms with Gasteiger partial charge in [-0.1, -0.05) is 29.8 Å². The summed E-state index contributed by atoms with van der Waals surface area (Å²) in [6, 6.07) is 11.2. The van der Waals surface area contributed by atoms with Crippen LogP contribution in [0.15, 0.2) is 48.0 Å². The molecule has 0 saturated carbocycles. The zero-order valence-corrected chi connectivity index (χ0v) is 20.2. The quantitative estimate of drug-likeness (QED) is 0.572. The number of aromatic nitrogens is 2. The van der Waals surface area contributed by atoms with Crippen molar-refractivity contribution in [2.24, 2.45) is 0 Å². The van der Waals surface area contributed by atoms with Gasteiger partial charge >= 0.3 is 0 Å². The lowest BCUT2D eigenvalue weighted by molar-refractivity contribution is -0.131. The smallest absolute Gasteiger partial charge is 0.261 e. The summed E-state index contributed by atoms with van der Waals surface area (Å²) in [5.41, 5.74) is 2.87. The summed E-state index contributed by atoms with van der Waals surface area (Å²) in [7, 11) is 3.82. The molecule has 1 atom stereocenters. The summed E-state index contributed by atoms with van der Waals surface area (Å²) in [6.45, 7) is 1.21. The fraction of sp³-hybridized carbons (Fsp3) is 0.333. The Morgan fingerprint density at radius 1 is 1.24 bits per heavy atom. The first-order chi connectivity index (χ1) is 15.9. The van der Waals surface area contributed by atoms with Gasteiger partial charge < -0.3 is 15.1 Å². The zero-order valence-electron chi connectivity index (χ0n) is 18.6. The van der Waals surface area contributed by atoms with E-state index in [1.807, 2.05) is 65.8 Å². The number of nitrogens with one attached hydrogen (secondary N) is 1. The molecule has 1 unspecified atom stereocenters. The number of rotatable bonds is 6. The molecule has 172 valence electrons. The van der Waals surface area contributed by atoms with Gasteiger partial charge in [-0.3, -0.25) is 9.59 Å². The number of anilines is 1. The number of benzene rings is 1. The Balaban J connectivity index is 1.52. The van der Waals surface area contributed by atoms with Crippen LogP contribution >= 0.6 is 22.9 Å². The zero-order chi connectivity index (χ0) is 23.4. The molecule has 0 aliphatic carbocycles. The Hall–Kier alpha value is -2.97. The molecule has 2 amide bonds. The minimum atomic E-state index is -0.219. The fourth-order valence-corrected chi connectivity index (χ4v) is 4.72. The molecule has 1 fully saturated rings. The van der Waals surface area contributed by atoms with Crippen molar-refractivity contribution in [3.63, 3.8) is 0 Å². The average molecular weight is 484 g/mol. The predicted molar refractivity (Wildman–Crippen MR) is 132 cm³/mol. The van der Waals surface area contributed by atoms with Crippen molar-refractivity contribution in [2.75, 3.05) is 38.6 Å². The van der Waals surface area contributed by atoms with Gasteiger partial charge in [0.15, 0.2) is 0 Å². The Kier molecular flexibility index (Phi) is 7.25. The average Bonchev–Trinajstić information content (AvgIpc) is 3.38. The van der Waals surface area contributed by atoms with E-state index < -0.39 is 0 Å². The summed E-state index contributed by atoms with van der Waals surface area (Å²) in [4.78, 5) is 38.8. The van der Waals surface area contributed by atoms with Crippen LogP contribution in [-0.2, 0) is 4.79 Å². The first-order valence-corrected chi connectivity index (χ1v) is 12.1. The number of hydrogen-bond acceptors (Lipinski definition) is 6. The standard InChI is InChI=1S/C24H26ClN5O2S/c1-29(2)24-27-13-19(16-7-9-18(25)10-8-16)22(28-24)17-5-3-11-30(15-17)21(31)14-26-23(32)20-6-4-12-33-20/h4,6-10,12-13,17H,3,5,11,14-15H2,1-2H3,(H,26,32). The molecule has 1 aliphatic rings. The summed E-state index contributed by atoms with van der Waals surface area (Å²) in [5, 5.41) is 5.25. The topological polar surface area (TPSA) is 78.4 Å². The van der Waals surface area contributed by atoms with Crippen molar-refractivity contribution in [1.29, 1.82) is 0 Å². The minimum absolute atomic E-state index is 0.0137. The van der Waals surface area contributed by atoms with E-state index in [2.05, 4.69) is 10.3 Å². The number of piperidine rings is 1. The largest absolute Gasteiger partial charge is 0.347 e. The van der Waals surface area contributed by atoms with Crippen LogP contribution in [-0.4, -0.2) is 60.4 Å². The van der Waals surface area contributed by atoms with Crippen molar-refractivity contribution in [1.82, 2.24) is 20.2 Å². The van der Waals surface area contributed by atoms with Crippen molar-refractivity contribution < 1.29 is 9.59 Å². The Bertz CT molecular complexity index is 1120. The maximum Gasteiger partial charge on any atom is 0.261 e. The number of carbonyl (C=O) groups excluding carboxylic acids is 2. The third-order valence-corrected chi connectivity index (χ3v) is 6.79. The van der Waals surface area contributed by atoms with Crippen molar-refractivity contribution in [3.8, 4) is 11.1 Å². The molecular formula is C24H26ClN5O2S. The monoisotopic (exact) mass is 483 g/mol. The lowest BCUT2D eigenvalue weighted by atomic mass is 9.90. The van der Waals surface area contributed by atoms with Crippen molar-refractivity contribution in [2.45, 2.75) is 18.8 Å². The minimum Gasteiger partial charge on any atom is -0.347 e. The normalized spacial score (nSPS) is 15.8. The Morgan fingerprint density at radius 3 is 2.73 bits per heavy atom. The summed E-state index contributed by atoms with van der Waals surface area (Å²) < 4.78 is 0. The molecule has 1 aromatic carbocycles. The summed E-state index contributed by atoms with van der Waals surface area (Å²) in [5.74, 6) is 0.403. The van der Waals surface area contributed by atoms with Crippen LogP contribution in [0.1, 0.15) is 34.1 Å². The second kappa shape index (κ2) is 10.3. The molecule has 2 aromatic heterocycles. The van der Waals surface area contributed by atoms with Crippen LogP contribution in [0.5, 0.6) is 0 Å². The van der Waals surface area contributed by atoms with E-state index in [9.17, 15) is 9.59 Å². The van der Waals surface area contributed by atoms with E-state index in [1.165, 1.54) is 11.3 Å². The Morgan fingerprint density at radius 2 is 2.03 bits per heavy atom. The molecule has 0 radical (unpaired) electrons. The van der Waals surface area contributed by atoms with Crippen LogP contribution in [0.25, 0.3) is 11.1 Å². The SMILES string of the molecule is CN(C)c1ncc(-c2ccc(Cl)cc2)c(C2CCCN(C(=O)CNC(=O)c3cccs3)C2)n1. The highest BCUT2D eigenvalue weighted by Crippen LogP contribution is 2.34. The molecule has 7 nitrogen and oxygen atoms in total. The van der Waals surface area contributed by atoms with Gasteiger partial charge in [0.1, 0.15) is 0 Å². The number of likely N-dealkylation sites (tertiary alicyclic amines) is 1. The maximum atomic E-state index is 12.9. The molecule has 1 N–H and O–H groups in total. The number of hydrogen-bond donors (Lipinski definition) is 1. The molecule has 3 aromatic rings. The van der Waals surface area contributed by atoms with E-state index in [-0.39, 0.29) is 24.3 Å². The maximum absolute atomic E-state index is 12.9. The van der Waals surface area contributed by atoms with Crippen molar-refractivity contribution in [3.05, 3.63) is 63.6 Å². The van der Waals surface area contributed by atoms with Crippen molar-refractivity contribution >= 4 is 40.7 Å². The number of carbonyl (C=O) groups is 2. The number of amides is 2. The second-order valence-corrected chi connectivity index (χ2v) is 9.59. The third-order valence-electron chi connectivity index (χ3n) is 5.67. The summed E-state index contributed by atoms with van der Waals surface area (Å²) in [6.07, 6.45) is 3.65. The summed E-state index contributed by atoms with van der Waals surface area (Å²) >= 11 is 7.44. The Labute approximate surface area is 202 Å². The van der Waals surface area contributed by atoms with E-state index in [4.69, 9.17) is 16.6 Å². The molecular weight excluding hydrogens is 458 g/mol. The van der Waals surface area contributed by atoms with E-state index in [1.54, 1.807) is 6.07 Å². The highest BCUT2D eigenvalue weighted by molar-refractivity contribution is 7.12. The van der Waals surface area contributed by atoms with Gasteiger partial charge in [0.2, 0.25) is 11.9 Å². The molecule has 1 aliphatic heterocycles. The van der Waals surface area contributed by atoms with Gasteiger partial charge in [0.25, 0.3) is 5.91 Å². The van der Waals surface area contributed by atoms with Crippen LogP contribution < -0.4 is 10.2 Å². The van der Waals surface area contributed by atoms with Gasteiger partial charge in [-0.05, 0) is 42.0 Å². The van der Waals surface area contributed by atoms with Gasteiger partial charge in [0.05, 0.1) is 17.1 Å². The highest BCUT2D eigenvalue weighted by Gasteiger charge is 2.28. The predicted octanol–water partition coefficient (Wildman–Crippen LogP) is 4.06. The molecule has 0 bridgehead atoms. The van der Waals surface area contributed by atoms with E-state index >= 15 is 0 Å². The second-order valence-electron chi connectivity index (χ2n) is 8.21. The molecule has 3 heterocycles. The number of nitrogens with zero attached hydrogens (tertiary/aromatic N) is 4. The molecule has 0 spiro atoms. The van der Waals surface area contributed by atoms with Crippen LogP contribution in [0, 0.1) is 0 Å². The number of halogens is 1. The van der Waals surface area contributed by atoms with E-state index in [0.717, 1.165) is 29.7 Å². The van der Waals surface area contributed by atoms with E-state index in [0.29, 0.717) is 28.9 Å². The van der Waals surface area contributed by atoms with Gasteiger partial charge in [-0.25, -0.2) is 9.97 Å². The third kappa shape index (κ3) is 5.51. The van der Waals surface area contributed by atoms with Crippen LogP contribution in [0.3, 0.4) is 0 Å². The van der Waals surface area contributed by atoms with Crippen LogP contribution in [0.4, 0.5) is 5.95 Å². The molecule has 33 heavy (non-hydrogen) atoms. The molecule has 9 heteroatoms. The fourth-order valence-electron chi connectivity index (χ4n) is 3.95. The first kappa shape index (κ1) is 23.2. The van der Waals surface area contributed by atoms with Gasteiger partial charge in [-0.15, -0.1) is 11.3 Å². The lowest BCUT2D eigenvalue weighted by Crippen LogP contribution is -2.44. The lowest BCUT2D eigenvalue weighted by Gasteiger charge is -2.33.